The number of halogens is 1. The molecule has 0 unspecified atom stereocenters. The highest BCUT2D eigenvalue weighted by Gasteiger charge is 2.25. The first kappa shape index (κ1) is 18.8. The van der Waals surface area contributed by atoms with Gasteiger partial charge in [0.1, 0.15) is 11.4 Å². The van der Waals surface area contributed by atoms with E-state index in [-0.39, 0.29) is 17.9 Å². The molecule has 2 aromatic heterocycles. The van der Waals surface area contributed by atoms with Gasteiger partial charge in [0.2, 0.25) is 5.95 Å². The van der Waals surface area contributed by atoms with Crippen LogP contribution in [0, 0.1) is 12.9 Å². The molecule has 6 nitrogen and oxygen atoms in total. The van der Waals surface area contributed by atoms with E-state index in [1.54, 1.807) is 33.2 Å². The third-order valence-corrected chi connectivity index (χ3v) is 3.45. The molecule has 0 aliphatic heterocycles. The molecule has 0 bridgehead atoms. The van der Waals surface area contributed by atoms with Crippen LogP contribution in [0.5, 0.6) is 0 Å². The molecule has 0 fully saturated rings. The standard InChI is InChI=1S/C18H22FN3O3/c1-12-7-8-20-9-14(12)10-22(17(24)25-18(2,3)4)15-6-5-13(11-23)16(19)21-15/h5-9,23H,10-11H2,1-4H3. The van der Waals surface area contributed by atoms with Crippen molar-refractivity contribution in [1.29, 1.82) is 0 Å². The molecule has 0 atom stereocenters. The van der Waals surface area contributed by atoms with E-state index >= 15 is 0 Å². The van der Waals surface area contributed by atoms with Gasteiger partial charge in [0.05, 0.1) is 13.2 Å². The van der Waals surface area contributed by atoms with Gasteiger partial charge in [-0.25, -0.2) is 9.78 Å². The number of hydrogen-bond donors (Lipinski definition) is 1. The Bertz CT molecular complexity index is 759. The number of nitrogens with zero attached hydrogens (tertiary/aromatic N) is 3. The fourth-order valence-electron chi connectivity index (χ4n) is 2.11. The molecule has 134 valence electrons. The van der Waals surface area contributed by atoms with Crippen molar-refractivity contribution in [3.05, 3.63) is 53.2 Å². The minimum Gasteiger partial charge on any atom is -0.443 e. The van der Waals surface area contributed by atoms with Crippen LogP contribution in [0.3, 0.4) is 0 Å². The lowest BCUT2D eigenvalue weighted by atomic mass is 10.1. The van der Waals surface area contributed by atoms with Crippen molar-refractivity contribution in [1.82, 2.24) is 9.97 Å². The number of aliphatic hydroxyl groups is 1. The van der Waals surface area contributed by atoms with Gasteiger partial charge in [-0.1, -0.05) is 0 Å². The Morgan fingerprint density at radius 1 is 1.28 bits per heavy atom. The summed E-state index contributed by atoms with van der Waals surface area (Å²) in [6.07, 6.45) is 2.66. The van der Waals surface area contributed by atoms with Gasteiger partial charge in [-0.05, 0) is 57.0 Å². The molecule has 2 heterocycles. The highest BCUT2D eigenvalue weighted by molar-refractivity contribution is 5.86. The summed E-state index contributed by atoms with van der Waals surface area (Å²) in [6.45, 7) is 6.82. The van der Waals surface area contributed by atoms with Crippen LogP contribution in [0.25, 0.3) is 0 Å². The van der Waals surface area contributed by atoms with Gasteiger partial charge in [-0.15, -0.1) is 0 Å². The van der Waals surface area contributed by atoms with Crippen LogP contribution in [0.15, 0.2) is 30.6 Å². The van der Waals surface area contributed by atoms with E-state index in [4.69, 9.17) is 9.84 Å². The Hall–Kier alpha value is -2.54. The van der Waals surface area contributed by atoms with E-state index in [1.165, 1.54) is 17.0 Å². The highest BCUT2D eigenvalue weighted by atomic mass is 19.1. The third-order valence-electron chi connectivity index (χ3n) is 3.45. The quantitative estimate of drug-likeness (QED) is 0.859. The van der Waals surface area contributed by atoms with E-state index in [9.17, 15) is 9.18 Å². The summed E-state index contributed by atoms with van der Waals surface area (Å²) < 4.78 is 19.4. The number of carbonyl (C=O) groups is 1. The number of pyridine rings is 2. The number of carbonyl (C=O) groups excluding carboxylic acids is 1. The molecule has 0 aromatic carbocycles. The largest absolute Gasteiger partial charge is 0.443 e. The molecular weight excluding hydrogens is 325 g/mol. The van der Waals surface area contributed by atoms with Gasteiger partial charge in [0.15, 0.2) is 0 Å². The van der Waals surface area contributed by atoms with Crippen LogP contribution >= 0.6 is 0 Å². The number of aryl methyl sites for hydroxylation is 1. The van der Waals surface area contributed by atoms with Gasteiger partial charge in [0, 0.05) is 18.0 Å². The number of aliphatic hydroxyl groups excluding tert-OH is 1. The van der Waals surface area contributed by atoms with Crippen molar-refractivity contribution in [2.45, 2.75) is 46.4 Å². The van der Waals surface area contributed by atoms with Crippen LogP contribution < -0.4 is 4.90 Å². The second-order valence-electron chi connectivity index (χ2n) is 6.65. The summed E-state index contributed by atoms with van der Waals surface area (Å²) in [4.78, 5) is 21.7. The minimum absolute atomic E-state index is 0.0606. The molecule has 0 saturated carbocycles. The third kappa shape index (κ3) is 4.96. The molecule has 0 radical (unpaired) electrons. The van der Waals surface area contributed by atoms with Crippen LogP contribution in [0.4, 0.5) is 15.0 Å². The molecule has 2 rings (SSSR count). The van der Waals surface area contributed by atoms with Gasteiger partial charge in [0.25, 0.3) is 0 Å². The molecule has 1 amide bonds. The second-order valence-corrected chi connectivity index (χ2v) is 6.65. The summed E-state index contributed by atoms with van der Waals surface area (Å²) in [6, 6.07) is 4.70. The predicted octanol–water partition coefficient (Wildman–Crippen LogP) is 3.36. The molecule has 2 aromatic rings. The maximum absolute atomic E-state index is 14.0. The summed E-state index contributed by atoms with van der Waals surface area (Å²) in [5, 5.41) is 9.09. The number of rotatable bonds is 4. The lowest BCUT2D eigenvalue weighted by molar-refractivity contribution is 0.0576. The van der Waals surface area contributed by atoms with E-state index in [2.05, 4.69) is 9.97 Å². The van der Waals surface area contributed by atoms with Crippen molar-refractivity contribution < 1.29 is 19.0 Å². The molecular formula is C18H22FN3O3. The van der Waals surface area contributed by atoms with E-state index in [1.807, 2.05) is 13.0 Å². The first-order valence-electron chi connectivity index (χ1n) is 7.87. The first-order valence-corrected chi connectivity index (χ1v) is 7.87. The van der Waals surface area contributed by atoms with Crippen molar-refractivity contribution in [3.63, 3.8) is 0 Å². The normalized spacial score (nSPS) is 11.3. The highest BCUT2D eigenvalue weighted by Crippen LogP contribution is 2.21. The molecule has 7 heteroatoms. The second kappa shape index (κ2) is 7.57. The maximum atomic E-state index is 14.0. The van der Waals surface area contributed by atoms with Crippen LogP contribution in [-0.4, -0.2) is 26.8 Å². The lowest BCUT2D eigenvalue weighted by Crippen LogP contribution is -2.37. The molecule has 0 spiro atoms. The number of aromatic nitrogens is 2. The Balaban J connectivity index is 2.39. The van der Waals surface area contributed by atoms with Crippen molar-refractivity contribution >= 4 is 11.9 Å². The lowest BCUT2D eigenvalue weighted by Gasteiger charge is -2.27. The number of amides is 1. The minimum atomic E-state index is -0.823. The van der Waals surface area contributed by atoms with Crippen LogP contribution in [0.1, 0.15) is 37.5 Å². The Morgan fingerprint density at radius 3 is 2.56 bits per heavy atom. The molecule has 0 saturated heterocycles. The van der Waals surface area contributed by atoms with E-state index in [0.29, 0.717) is 0 Å². The summed E-state index contributed by atoms with van der Waals surface area (Å²) in [7, 11) is 0. The average molecular weight is 347 g/mol. The first-order chi connectivity index (χ1) is 11.7. The van der Waals surface area contributed by atoms with Crippen molar-refractivity contribution in [3.8, 4) is 0 Å². The molecule has 1 N–H and O–H groups in total. The predicted molar refractivity (Wildman–Crippen MR) is 91.5 cm³/mol. The van der Waals surface area contributed by atoms with Crippen LogP contribution in [-0.2, 0) is 17.9 Å². The zero-order valence-corrected chi connectivity index (χ0v) is 14.8. The maximum Gasteiger partial charge on any atom is 0.416 e. The van der Waals surface area contributed by atoms with Crippen molar-refractivity contribution in [2.75, 3.05) is 4.90 Å². The summed E-state index contributed by atoms with van der Waals surface area (Å²) in [5.41, 5.74) is 1.09. The molecule has 0 aliphatic carbocycles. The van der Waals surface area contributed by atoms with Gasteiger partial charge in [-0.3, -0.25) is 9.88 Å². The van der Waals surface area contributed by atoms with Gasteiger partial charge < -0.3 is 9.84 Å². The average Bonchev–Trinajstić information content (AvgIpc) is 2.52. The Morgan fingerprint density at radius 2 is 2.00 bits per heavy atom. The summed E-state index contributed by atoms with van der Waals surface area (Å²) in [5.74, 6) is -0.719. The fourth-order valence-corrected chi connectivity index (χ4v) is 2.11. The Labute approximate surface area is 146 Å². The number of hydrogen-bond acceptors (Lipinski definition) is 5. The molecule has 25 heavy (non-hydrogen) atoms. The van der Waals surface area contributed by atoms with Crippen LogP contribution in [0.2, 0.25) is 0 Å². The number of anilines is 1. The topological polar surface area (TPSA) is 75.6 Å². The Kier molecular flexibility index (Phi) is 5.69. The van der Waals surface area contributed by atoms with Gasteiger partial charge >= 0.3 is 6.09 Å². The monoisotopic (exact) mass is 347 g/mol. The van der Waals surface area contributed by atoms with Crippen molar-refractivity contribution in [2.24, 2.45) is 0 Å². The summed E-state index contributed by atoms with van der Waals surface area (Å²) >= 11 is 0. The molecule has 0 aliphatic rings. The van der Waals surface area contributed by atoms with Gasteiger partial charge in [-0.2, -0.15) is 4.39 Å². The zero-order valence-electron chi connectivity index (χ0n) is 14.8. The SMILES string of the molecule is Cc1ccncc1CN(C(=O)OC(C)(C)C)c1ccc(CO)c(F)n1. The zero-order chi connectivity index (χ0) is 18.6. The van der Waals surface area contributed by atoms with E-state index in [0.717, 1.165) is 11.1 Å². The van der Waals surface area contributed by atoms with E-state index < -0.39 is 24.2 Å². The number of ether oxygens (including phenoxy) is 1. The smallest absolute Gasteiger partial charge is 0.416 e. The fraction of sp³-hybridized carbons (Fsp3) is 0.389.